The van der Waals surface area contributed by atoms with Crippen molar-refractivity contribution in [1.82, 2.24) is 0 Å². The van der Waals surface area contributed by atoms with Crippen LogP contribution in [0, 0.1) is 17.3 Å². The van der Waals surface area contributed by atoms with Crippen LogP contribution in [0.15, 0.2) is 0 Å². The maximum Gasteiger partial charge on any atom is 0.0624 e. The molecule has 2 heteroatoms. The molecule has 1 nitrogen and oxygen atoms in total. The Labute approximate surface area is 107 Å². The average molecular weight is 249 g/mol. The Kier molecular flexibility index (Phi) is 6.35. The molecule has 0 spiro atoms. The molecule has 0 saturated carbocycles. The summed E-state index contributed by atoms with van der Waals surface area (Å²) in [4.78, 5) is 0. The summed E-state index contributed by atoms with van der Waals surface area (Å²) in [6, 6.07) is 0. The molecular formula is C14H29ClO. The lowest BCUT2D eigenvalue weighted by atomic mass is 9.74. The van der Waals surface area contributed by atoms with Crippen LogP contribution in [0.1, 0.15) is 54.9 Å². The van der Waals surface area contributed by atoms with Crippen LogP contribution < -0.4 is 0 Å². The van der Waals surface area contributed by atoms with Crippen molar-refractivity contribution in [3.8, 4) is 0 Å². The third-order valence-electron chi connectivity index (χ3n) is 3.66. The maximum absolute atomic E-state index is 6.08. The molecule has 0 N–H and O–H groups in total. The quantitative estimate of drug-likeness (QED) is 0.592. The minimum absolute atomic E-state index is 0.0227. The summed E-state index contributed by atoms with van der Waals surface area (Å²) in [5.41, 5.74) is 0.119. The Morgan fingerprint density at radius 2 is 1.62 bits per heavy atom. The Balaban J connectivity index is 4.43. The zero-order chi connectivity index (χ0) is 13.0. The van der Waals surface area contributed by atoms with E-state index < -0.39 is 0 Å². The fourth-order valence-corrected chi connectivity index (χ4v) is 2.65. The van der Waals surface area contributed by atoms with Crippen molar-refractivity contribution in [3.63, 3.8) is 0 Å². The summed E-state index contributed by atoms with van der Waals surface area (Å²) in [5.74, 6) is 1.81. The van der Waals surface area contributed by atoms with Crippen molar-refractivity contribution < 1.29 is 4.74 Å². The molecule has 0 bridgehead atoms. The number of hydrogen-bond acceptors (Lipinski definition) is 1. The van der Waals surface area contributed by atoms with Crippen LogP contribution in [0.4, 0.5) is 0 Å². The Bertz CT molecular complexity index is 197. The molecule has 0 amide bonds. The van der Waals surface area contributed by atoms with Gasteiger partial charge in [0.15, 0.2) is 0 Å². The van der Waals surface area contributed by atoms with Crippen molar-refractivity contribution in [1.29, 1.82) is 0 Å². The van der Waals surface area contributed by atoms with Gasteiger partial charge in [-0.3, -0.25) is 0 Å². The topological polar surface area (TPSA) is 9.23 Å². The van der Waals surface area contributed by atoms with E-state index in [4.69, 9.17) is 16.3 Å². The lowest BCUT2D eigenvalue weighted by molar-refractivity contribution is -0.0735. The van der Waals surface area contributed by atoms with Gasteiger partial charge in [-0.05, 0) is 37.5 Å². The first kappa shape index (κ1) is 16.2. The molecule has 0 saturated heterocycles. The molecule has 0 aromatic rings. The van der Waals surface area contributed by atoms with Crippen LogP contribution in [0.25, 0.3) is 0 Å². The molecule has 98 valence electrons. The van der Waals surface area contributed by atoms with E-state index in [1.807, 2.05) is 0 Å². The second kappa shape index (κ2) is 6.26. The number of alkyl halides is 1. The Morgan fingerprint density at radius 1 is 1.12 bits per heavy atom. The number of hydrogen-bond donors (Lipinski definition) is 0. The predicted octanol–water partition coefficient (Wildman–Crippen LogP) is 4.73. The highest BCUT2D eigenvalue weighted by molar-refractivity contribution is 6.18. The van der Waals surface area contributed by atoms with E-state index in [-0.39, 0.29) is 11.0 Å². The molecule has 0 aliphatic rings. The smallest absolute Gasteiger partial charge is 0.0624 e. The Hall–Kier alpha value is 0.250. The second-order valence-electron chi connectivity index (χ2n) is 6.40. The fourth-order valence-electron chi connectivity index (χ4n) is 1.88. The minimum Gasteiger partial charge on any atom is -0.375 e. The van der Waals surface area contributed by atoms with Crippen LogP contribution in [-0.4, -0.2) is 18.1 Å². The molecule has 0 fully saturated rings. The molecule has 0 aliphatic carbocycles. The molecule has 0 aromatic carbocycles. The van der Waals surface area contributed by atoms with E-state index in [0.29, 0.717) is 17.7 Å². The van der Waals surface area contributed by atoms with Crippen molar-refractivity contribution in [2.75, 3.05) is 12.5 Å². The molecule has 1 atom stereocenters. The van der Waals surface area contributed by atoms with Gasteiger partial charge < -0.3 is 4.74 Å². The van der Waals surface area contributed by atoms with Crippen molar-refractivity contribution in [2.24, 2.45) is 17.3 Å². The first-order chi connectivity index (χ1) is 7.16. The highest BCUT2D eigenvalue weighted by Gasteiger charge is 2.33. The average Bonchev–Trinajstić information content (AvgIpc) is 2.15. The van der Waals surface area contributed by atoms with Crippen molar-refractivity contribution >= 4 is 11.6 Å². The van der Waals surface area contributed by atoms with Gasteiger partial charge in [0.1, 0.15) is 0 Å². The first-order valence-corrected chi connectivity index (χ1v) is 6.89. The predicted molar refractivity (Wildman–Crippen MR) is 73.2 cm³/mol. The van der Waals surface area contributed by atoms with E-state index in [9.17, 15) is 0 Å². The molecule has 16 heavy (non-hydrogen) atoms. The van der Waals surface area contributed by atoms with Crippen molar-refractivity contribution in [2.45, 2.75) is 60.5 Å². The zero-order valence-corrected chi connectivity index (χ0v) is 12.8. The van der Waals surface area contributed by atoms with E-state index >= 15 is 0 Å². The number of ether oxygens (including phenoxy) is 1. The van der Waals surface area contributed by atoms with Gasteiger partial charge in [0.25, 0.3) is 0 Å². The van der Waals surface area contributed by atoms with E-state index in [1.54, 1.807) is 0 Å². The largest absolute Gasteiger partial charge is 0.375 e. The summed E-state index contributed by atoms with van der Waals surface area (Å²) < 4.78 is 6.02. The summed E-state index contributed by atoms with van der Waals surface area (Å²) >= 11 is 6.08. The lowest BCUT2D eigenvalue weighted by Gasteiger charge is -2.38. The number of halogens is 1. The van der Waals surface area contributed by atoms with Crippen molar-refractivity contribution in [3.05, 3.63) is 0 Å². The normalized spacial score (nSPS) is 15.6. The minimum atomic E-state index is -0.0227. The van der Waals surface area contributed by atoms with Gasteiger partial charge in [-0.1, -0.05) is 34.6 Å². The molecular weight excluding hydrogens is 220 g/mol. The zero-order valence-electron chi connectivity index (χ0n) is 12.1. The SMILES string of the molecule is CCC(C)(C)OCC(C)(C)C(CCl)C(C)C. The van der Waals surface area contributed by atoms with E-state index in [2.05, 4.69) is 48.5 Å². The molecule has 0 aromatic heterocycles. The van der Waals surface area contributed by atoms with Gasteiger partial charge in [0.05, 0.1) is 12.2 Å². The highest BCUT2D eigenvalue weighted by atomic mass is 35.5. The summed E-state index contributed by atoms with van der Waals surface area (Å²) in [6.07, 6.45) is 1.04. The van der Waals surface area contributed by atoms with Gasteiger partial charge in [-0.25, -0.2) is 0 Å². The lowest BCUT2D eigenvalue weighted by Crippen LogP contribution is -2.37. The maximum atomic E-state index is 6.08. The molecule has 1 unspecified atom stereocenters. The van der Waals surface area contributed by atoms with Crippen LogP contribution in [-0.2, 0) is 4.74 Å². The molecule has 0 radical (unpaired) electrons. The van der Waals surface area contributed by atoms with Crippen LogP contribution in [0.2, 0.25) is 0 Å². The third kappa shape index (κ3) is 5.05. The summed E-state index contributed by atoms with van der Waals surface area (Å²) in [7, 11) is 0. The molecule has 0 rings (SSSR count). The van der Waals surface area contributed by atoms with Crippen LogP contribution in [0.3, 0.4) is 0 Å². The number of rotatable bonds is 7. The Morgan fingerprint density at radius 3 is 1.94 bits per heavy atom. The highest BCUT2D eigenvalue weighted by Crippen LogP contribution is 2.35. The summed E-state index contributed by atoms with van der Waals surface area (Å²) in [5, 5.41) is 0. The van der Waals surface area contributed by atoms with Gasteiger partial charge in [-0.2, -0.15) is 0 Å². The first-order valence-electron chi connectivity index (χ1n) is 6.36. The van der Waals surface area contributed by atoms with Gasteiger partial charge in [0.2, 0.25) is 0 Å². The summed E-state index contributed by atoms with van der Waals surface area (Å²) in [6.45, 7) is 16.2. The molecule has 0 aliphatic heterocycles. The monoisotopic (exact) mass is 248 g/mol. The van der Waals surface area contributed by atoms with Gasteiger partial charge in [0, 0.05) is 5.88 Å². The van der Waals surface area contributed by atoms with E-state index in [0.717, 1.165) is 13.0 Å². The fraction of sp³-hybridized carbons (Fsp3) is 1.00. The van der Waals surface area contributed by atoms with E-state index in [1.165, 1.54) is 0 Å². The standard InChI is InChI=1S/C14H29ClO/c1-8-14(6,7)16-10-13(4,5)12(9-15)11(2)3/h11-12H,8-10H2,1-7H3. The molecule has 0 heterocycles. The second-order valence-corrected chi connectivity index (χ2v) is 6.70. The van der Waals surface area contributed by atoms with Crippen LogP contribution in [0.5, 0.6) is 0 Å². The van der Waals surface area contributed by atoms with Crippen LogP contribution >= 0.6 is 11.6 Å². The van der Waals surface area contributed by atoms with Gasteiger partial charge >= 0.3 is 0 Å². The third-order valence-corrected chi connectivity index (χ3v) is 3.99. The van der Waals surface area contributed by atoms with Gasteiger partial charge in [-0.15, -0.1) is 11.6 Å².